The van der Waals surface area contributed by atoms with E-state index < -0.39 is 0 Å². The van der Waals surface area contributed by atoms with E-state index in [4.69, 9.17) is 9.40 Å². The molecule has 0 saturated carbocycles. The van der Waals surface area contributed by atoms with Crippen LogP contribution in [0.4, 0.5) is 5.13 Å². The average molecular weight is 409 g/mol. The smallest absolute Gasteiger partial charge is 0.239 e. The Kier molecular flexibility index (Phi) is 5.78. The number of para-hydroxylation sites is 1. The Morgan fingerprint density at radius 3 is 2.71 bits per heavy atom. The summed E-state index contributed by atoms with van der Waals surface area (Å²) in [6.45, 7) is 2.43. The van der Waals surface area contributed by atoms with E-state index >= 15 is 0 Å². The SMILES string of the molecule is Cc1cccc2sc(N(Cc3ccco3)C(=O)CSCc3ccccc3)nc12. The highest BCUT2D eigenvalue weighted by Crippen LogP contribution is 2.32. The highest BCUT2D eigenvalue weighted by molar-refractivity contribution is 7.99. The van der Waals surface area contributed by atoms with Gasteiger partial charge in [-0.05, 0) is 36.2 Å². The second-order valence-corrected chi connectivity index (χ2v) is 8.45. The lowest BCUT2D eigenvalue weighted by molar-refractivity contribution is -0.116. The third-order valence-corrected chi connectivity index (χ3v) is 6.40. The van der Waals surface area contributed by atoms with Crippen molar-refractivity contribution < 1.29 is 9.21 Å². The van der Waals surface area contributed by atoms with Gasteiger partial charge in [0.2, 0.25) is 5.91 Å². The summed E-state index contributed by atoms with van der Waals surface area (Å²) >= 11 is 3.16. The molecule has 142 valence electrons. The van der Waals surface area contributed by atoms with E-state index in [-0.39, 0.29) is 5.91 Å². The summed E-state index contributed by atoms with van der Waals surface area (Å²) in [6, 6.07) is 20.0. The first-order valence-electron chi connectivity index (χ1n) is 9.01. The zero-order valence-electron chi connectivity index (χ0n) is 15.5. The number of hydrogen-bond acceptors (Lipinski definition) is 5. The van der Waals surface area contributed by atoms with Crippen molar-refractivity contribution in [3.63, 3.8) is 0 Å². The van der Waals surface area contributed by atoms with Gasteiger partial charge in [0.25, 0.3) is 0 Å². The van der Waals surface area contributed by atoms with Gasteiger partial charge in [0.1, 0.15) is 5.76 Å². The van der Waals surface area contributed by atoms with Crippen molar-refractivity contribution in [1.29, 1.82) is 0 Å². The fourth-order valence-corrected chi connectivity index (χ4v) is 4.84. The molecule has 0 aliphatic carbocycles. The van der Waals surface area contributed by atoms with E-state index in [2.05, 4.69) is 12.1 Å². The predicted molar refractivity (Wildman–Crippen MR) is 117 cm³/mol. The molecule has 0 saturated heterocycles. The fourth-order valence-electron chi connectivity index (χ4n) is 2.92. The lowest BCUT2D eigenvalue weighted by Gasteiger charge is -2.18. The maximum atomic E-state index is 13.1. The topological polar surface area (TPSA) is 46.3 Å². The Hall–Kier alpha value is -2.57. The van der Waals surface area contributed by atoms with E-state index in [0.29, 0.717) is 17.4 Å². The number of aryl methyl sites for hydroxylation is 1. The van der Waals surface area contributed by atoms with Crippen molar-refractivity contribution in [2.75, 3.05) is 10.7 Å². The largest absolute Gasteiger partial charge is 0.467 e. The van der Waals surface area contributed by atoms with Crippen LogP contribution in [0.5, 0.6) is 0 Å². The Balaban J connectivity index is 1.54. The van der Waals surface area contributed by atoms with Crippen molar-refractivity contribution in [3.05, 3.63) is 83.8 Å². The highest BCUT2D eigenvalue weighted by Gasteiger charge is 2.21. The van der Waals surface area contributed by atoms with Crippen molar-refractivity contribution in [2.45, 2.75) is 19.2 Å². The summed E-state index contributed by atoms with van der Waals surface area (Å²) < 4.78 is 6.57. The quantitative estimate of drug-likeness (QED) is 0.396. The van der Waals surface area contributed by atoms with Gasteiger partial charge in [0, 0.05) is 5.75 Å². The van der Waals surface area contributed by atoms with Crippen LogP contribution in [0.15, 0.2) is 71.3 Å². The van der Waals surface area contributed by atoms with E-state index in [1.807, 2.05) is 55.5 Å². The monoisotopic (exact) mass is 408 g/mol. The molecule has 4 aromatic rings. The minimum atomic E-state index is 0.0361. The van der Waals surface area contributed by atoms with Crippen LogP contribution in [0.1, 0.15) is 16.9 Å². The number of benzene rings is 2. The van der Waals surface area contributed by atoms with Gasteiger partial charge >= 0.3 is 0 Å². The van der Waals surface area contributed by atoms with Crippen LogP contribution in [0, 0.1) is 6.92 Å². The first-order valence-corrected chi connectivity index (χ1v) is 11.0. The Morgan fingerprint density at radius 1 is 1.11 bits per heavy atom. The normalized spacial score (nSPS) is 11.0. The molecule has 1 amide bonds. The number of nitrogens with zero attached hydrogens (tertiary/aromatic N) is 2. The second kappa shape index (κ2) is 8.63. The third-order valence-electron chi connectivity index (χ3n) is 4.37. The summed E-state index contributed by atoms with van der Waals surface area (Å²) in [5.74, 6) is 1.98. The molecule has 28 heavy (non-hydrogen) atoms. The number of amides is 1. The van der Waals surface area contributed by atoms with Crippen LogP contribution in [0.2, 0.25) is 0 Å². The molecule has 2 heterocycles. The number of furan rings is 1. The lowest BCUT2D eigenvalue weighted by atomic mass is 10.2. The molecular weight excluding hydrogens is 388 g/mol. The molecule has 0 unspecified atom stereocenters. The molecule has 2 aromatic heterocycles. The molecule has 4 nitrogen and oxygen atoms in total. The maximum Gasteiger partial charge on any atom is 0.239 e. The van der Waals surface area contributed by atoms with E-state index in [1.54, 1.807) is 34.3 Å². The van der Waals surface area contributed by atoms with Crippen LogP contribution >= 0.6 is 23.1 Å². The number of fused-ring (bicyclic) bond motifs is 1. The van der Waals surface area contributed by atoms with Crippen LogP contribution in [0.3, 0.4) is 0 Å². The first kappa shape index (κ1) is 18.8. The first-order chi connectivity index (χ1) is 13.7. The van der Waals surface area contributed by atoms with Crippen molar-refractivity contribution in [2.24, 2.45) is 0 Å². The molecule has 0 atom stereocenters. The number of rotatable bonds is 7. The van der Waals surface area contributed by atoms with Crippen LogP contribution in [-0.2, 0) is 17.1 Å². The number of thiazole rings is 1. The zero-order chi connectivity index (χ0) is 19.3. The van der Waals surface area contributed by atoms with Crippen molar-refractivity contribution >= 4 is 44.4 Å². The summed E-state index contributed by atoms with van der Waals surface area (Å²) in [7, 11) is 0. The molecule has 6 heteroatoms. The number of hydrogen-bond donors (Lipinski definition) is 0. The van der Waals surface area contributed by atoms with Gasteiger partial charge in [-0.3, -0.25) is 9.69 Å². The minimum absolute atomic E-state index is 0.0361. The molecule has 2 aromatic carbocycles. The van der Waals surface area contributed by atoms with Crippen LogP contribution in [0.25, 0.3) is 10.2 Å². The third kappa shape index (κ3) is 4.29. The number of aromatic nitrogens is 1. The van der Waals surface area contributed by atoms with Gasteiger partial charge in [-0.25, -0.2) is 4.98 Å². The van der Waals surface area contributed by atoms with Gasteiger partial charge in [-0.2, -0.15) is 0 Å². The van der Waals surface area contributed by atoms with Crippen LogP contribution in [-0.4, -0.2) is 16.6 Å². The number of carbonyl (C=O) groups excluding carboxylic acids is 1. The van der Waals surface area contributed by atoms with Gasteiger partial charge in [0.15, 0.2) is 5.13 Å². The molecule has 0 spiro atoms. The summed E-state index contributed by atoms with van der Waals surface area (Å²) in [5, 5.41) is 0.714. The average Bonchev–Trinajstić information content (AvgIpc) is 3.37. The fraction of sp³-hybridized carbons (Fsp3) is 0.182. The maximum absolute atomic E-state index is 13.1. The van der Waals surface area contributed by atoms with Crippen molar-refractivity contribution in [3.8, 4) is 0 Å². The number of thioether (sulfide) groups is 1. The number of anilines is 1. The summed E-state index contributed by atoms with van der Waals surface area (Å²) in [5.41, 5.74) is 3.29. The lowest BCUT2D eigenvalue weighted by Crippen LogP contribution is -2.31. The predicted octanol–water partition coefficient (Wildman–Crippen LogP) is 5.66. The Labute approximate surface area is 172 Å². The van der Waals surface area contributed by atoms with Crippen LogP contribution < -0.4 is 4.90 Å². The van der Waals surface area contributed by atoms with Crippen molar-refractivity contribution in [1.82, 2.24) is 4.98 Å². The molecule has 0 radical (unpaired) electrons. The summed E-state index contributed by atoms with van der Waals surface area (Å²) in [6.07, 6.45) is 1.63. The summed E-state index contributed by atoms with van der Waals surface area (Å²) in [4.78, 5) is 19.5. The molecule has 0 fully saturated rings. The molecule has 0 bridgehead atoms. The molecule has 0 aliphatic rings. The van der Waals surface area contributed by atoms with Gasteiger partial charge in [0.05, 0.1) is 28.8 Å². The molecule has 0 N–H and O–H groups in total. The minimum Gasteiger partial charge on any atom is -0.467 e. The molecule has 0 aliphatic heterocycles. The Bertz CT molecular complexity index is 1060. The highest BCUT2D eigenvalue weighted by atomic mass is 32.2. The number of carbonyl (C=O) groups is 1. The molecular formula is C22H20N2O2S2. The van der Waals surface area contributed by atoms with E-state index in [1.165, 1.54) is 5.56 Å². The molecule has 4 rings (SSSR count). The van der Waals surface area contributed by atoms with E-state index in [0.717, 1.165) is 27.3 Å². The van der Waals surface area contributed by atoms with Gasteiger partial charge in [-0.15, -0.1) is 11.8 Å². The van der Waals surface area contributed by atoms with Gasteiger partial charge < -0.3 is 4.42 Å². The van der Waals surface area contributed by atoms with E-state index in [9.17, 15) is 4.79 Å². The van der Waals surface area contributed by atoms with Gasteiger partial charge in [-0.1, -0.05) is 53.8 Å². The Morgan fingerprint density at radius 2 is 1.96 bits per heavy atom. The second-order valence-electron chi connectivity index (χ2n) is 6.46. The standard InChI is InChI=1S/C22H20N2O2S2/c1-16-7-5-11-19-21(16)23-22(28-19)24(13-18-10-6-12-26-18)20(25)15-27-14-17-8-3-2-4-9-17/h2-12H,13-15H2,1H3. The zero-order valence-corrected chi connectivity index (χ0v) is 17.1.